The Labute approximate surface area is 176 Å². The van der Waals surface area contributed by atoms with Crippen LogP contribution in [0, 0.1) is 6.92 Å². The number of hydrogen-bond donors (Lipinski definition) is 1. The Balaban J connectivity index is 1.63. The van der Waals surface area contributed by atoms with Crippen LogP contribution in [0.15, 0.2) is 47.4 Å². The molecular weight excluding hydrogens is 414 g/mol. The second-order valence-electron chi connectivity index (χ2n) is 6.82. The zero-order valence-electron chi connectivity index (χ0n) is 16.4. The number of sulfonamides is 1. The van der Waals surface area contributed by atoms with E-state index in [1.807, 2.05) is 12.1 Å². The first-order valence-corrected chi connectivity index (χ1v) is 11.0. The summed E-state index contributed by atoms with van der Waals surface area (Å²) in [5.74, 6) is -0.421. The number of hydrogen-bond acceptors (Lipinski definition) is 5. The number of carbonyl (C=O) groups is 1. The molecule has 3 rings (SSSR count). The van der Waals surface area contributed by atoms with E-state index in [9.17, 15) is 13.2 Å². The maximum absolute atomic E-state index is 12.8. The van der Waals surface area contributed by atoms with Gasteiger partial charge in [-0.2, -0.15) is 4.31 Å². The van der Waals surface area contributed by atoms with Crippen molar-refractivity contribution in [2.45, 2.75) is 11.8 Å². The number of anilines is 2. The third-order valence-corrected chi connectivity index (χ3v) is 7.16. The number of ether oxygens (including phenoxy) is 1. The average Bonchev–Trinajstić information content (AvgIpc) is 2.71. The standard InChI is InChI=1S/C20H24ClN3O4S/c1-15-18(21)4-3-5-19(15)29(26,27)23(2)14-20(25)22-16-6-8-17(9-7-16)24-10-12-28-13-11-24/h3-9H,10-14H2,1-2H3,(H,22,25). The first-order chi connectivity index (χ1) is 13.8. The highest BCUT2D eigenvalue weighted by molar-refractivity contribution is 7.89. The molecule has 1 saturated heterocycles. The fraction of sp³-hybridized carbons (Fsp3) is 0.350. The molecule has 156 valence electrons. The van der Waals surface area contributed by atoms with Gasteiger partial charge in [-0.1, -0.05) is 17.7 Å². The first-order valence-electron chi connectivity index (χ1n) is 9.23. The van der Waals surface area contributed by atoms with Gasteiger partial charge in [0.1, 0.15) is 0 Å². The summed E-state index contributed by atoms with van der Waals surface area (Å²) in [6, 6.07) is 12.1. The fourth-order valence-electron chi connectivity index (χ4n) is 3.10. The zero-order valence-corrected chi connectivity index (χ0v) is 18.0. The number of nitrogens with zero attached hydrogens (tertiary/aromatic N) is 2. The van der Waals surface area contributed by atoms with E-state index in [2.05, 4.69) is 10.2 Å². The molecule has 0 radical (unpaired) electrons. The number of rotatable bonds is 6. The molecule has 2 aromatic carbocycles. The van der Waals surface area contributed by atoms with E-state index < -0.39 is 15.9 Å². The molecule has 0 spiro atoms. The second-order valence-corrected chi connectivity index (χ2v) is 9.24. The smallest absolute Gasteiger partial charge is 0.243 e. The number of likely N-dealkylation sites (N-methyl/N-ethyl adjacent to an activating group) is 1. The highest BCUT2D eigenvalue weighted by Crippen LogP contribution is 2.25. The second kappa shape index (κ2) is 9.13. The van der Waals surface area contributed by atoms with E-state index in [1.54, 1.807) is 31.2 Å². The van der Waals surface area contributed by atoms with Crippen molar-refractivity contribution in [3.05, 3.63) is 53.1 Å². The third kappa shape index (κ3) is 5.08. The summed E-state index contributed by atoms with van der Waals surface area (Å²) in [5, 5.41) is 3.10. The Hall–Kier alpha value is -2.13. The maximum atomic E-state index is 12.8. The SMILES string of the molecule is Cc1c(Cl)cccc1S(=O)(=O)N(C)CC(=O)Nc1ccc(N2CCOCC2)cc1. The predicted octanol–water partition coefficient (Wildman–Crippen LogP) is 2.74. The summed E-state index contributed by atoms with van der Waals surface area (Å²) in [4.78, 5) is 14.7. The van der Waals surface area contributed by atoms with Gasteiger partial charge in [-0.05, 0) is 48.9 Å². The molecule has 1 aliphatic heterocycles. The third-order valence-electron chi connectivity index (χ3n) is 4.80. The molecule has 1 fully saturated rings. The van der Waals surface area contributed by atoms with Gasteiger partial charge in [0.05, 0.1) is 24.7 Å². The summed E-state index contributed by atoms with van der Waals surface area (Å²) in [6.07, 6.45) is 0. The van der Waals surface area contributed by atoms with Crippen molar-refractivity contribution >= 4 is 38.9 Å². The Kier molecular flexibility index (Phi) is 6.79. The van der Waals surface area contributed by atoms with E-state index in [0.29, 0.717) is 29.5 Å². The monoisotopic (exact) mass is 437 g/mol. The van der Waals surface area contributed by atoms with Crippen LogP contribution in [0.3, 0.4) is 0 Å². The predicted molar refractivity (Wildman–Crippen MR) is 114 cm³/mol. The number of halogens is 1. The average molecular weight is 438 g/mol. The van der Waals surface area contributed by atoms with Crippen LogP contribution in [0.1, 0.15) is 5.56 Å². The van der Waals surface area contributed by atoms with Crippen LogP contribution < -0.4 is 10.2 Å². The first kappa shape index (κ1) is 21.6. The summed E-state index contributed by atoms with van der Waals surface area (Å²) in [6.45, 7) is 4.39. The molecule has 7 nitrogen and oxygen atoms in total. The largest absolute Gasteiger partial charge is 0.378 e. The molecule has 1 N–H and O–H groups in total. The van der Waals surface area contributed by atoms with Crippen LogP contribution in [-0.4, -0.2) is 58.5 Å². The normalized spacial score (nSPS) is 14.8. The quantitative estimate of drug-likeness (QED) is 0.751. The molecular formula is C20H24ClN3O4S. The van der Waals surface area contributed by atoms with Crippen LogP contribution in [-0.2, 0) is 19.6 Å². The summed E-state index contributed by atoms with van der Waals surface area (Å²) >= 11 is 6.03. The molecule has 9 heteroatoms. The van der Waals surface area contributed by atoms with E-state index in [1.165, 1.54) is 13.1 Å². The lowest BCUT2D eigenvalue weighted by atomic mass is 10.2. The lowest BCUT2D eigenvalue weighted by Gasteiger charge is -2.28. The molecule has 1 heterocycles. The van der Waals surface area contributed by atoms with Crippen molar-refractivity contribution in [3.63, 3.8) is 0 Å². The van der Waals surface area contributed by atoms with Crippen LogP contribution in [0.2, 0.25) is 5.02 Å². The Morgan fingerprint density at radius 1 is 1.17 bits per heavy atom. The highest BCUT2D eigenvalue weighted by Gasteiger charge is 2.25. The summed E-state index contributed by atoms with van der Waals surface area (Å²) < 4.78 is 31.9. The van der Waals surface area contributed by atoms with Crippen LogP contribution >= 0.6 is 11.6 Å². The van der Waals surface area contributed by atoms with Crippen LogP contribution in [0.25, 0.3) is 0 Å². The van der Waals surface area contributed by atoms with E-state index >= 15 is 0 Å². The molecule has 0 unspecified atom stereocenters. The maximum Gasteiger partial charge on any atom is 0.243 e. The molecule has 2 aromatic rings. The molecule has 29 heavy (non-hydrogen) atoms. The number of benzene rings is 2. The van der Waals surface area contributed by atoms with Crippen LogP contribution in [0.5, 0.6) is 0 Å². The Bertz CT molecular complexity index is 974. The molecule has 0 aromatic heterocycles. The Morgan fingerprint density at radius 3 is 2.48 bits per heavy atom. The highest BCUT2D eigenvalue weighted by atomic mass is 35.5. The van der Waals surface area contributed by atoms with Gasteiger partial charge in [0.25, 0.3) is 0 Å². The minimum atomic E-state index is -3.83. The van der Waals surface area contributed by atoms with Crippen molar-refractivity contribution in [1.82, 2.24) is 4.31 Å². The van der Waals surface area contributed by atoms with Gasteiger partial charge in [0, 0.05) is 36.5 Å². The summed E-state index contributed by atoms with van der Waals surface area (Å²) in [7, 11) is -2.46. The van der Waals surface area contributed by atoms with Gasteiger partial charge in [0.15, 0.2) is 0 Å². The fourth-order valence-corrected chi connectivity index (χ4v) is 4.70. The van der Waals surface area contributed by atoms with Crippen molar-refractivity contribution in [1.29, 1.82) is 0 Å². The van der Waals surface area contributed by atoms with Gasteiger partial charge in [-0.15, -0.1) is 0 Å². The number of amides is 1. The zero-order chi connectivity index (χ0) is 21.0. The minimum Gasteiger partial charge on any atom is -0.378 e. The minimum absolute atomic E-state index is 0.0927. The molecule has 0 atom stereocenters. The van der Waals surface area contributed by atoms with Gasteiger partial charge >= 0.3 is 0 Å². The number of carbonyl (C=O) groups excluding carboxylic acids is 1. The Morgan fingerprint density at radius 2 is 1.83 bits per heavy atom. The molecule has 0 bridgehead atoms. The van der Waals surface area contributed by atoms with Gasteiger partial charge in [-0.25, -0.2) is 8.42 Å². The molecule has 0 saturated carbocycles. The van der Waals surface area contributed by atoms with E-state index in [4.69, 9.17) is 16.3 Å². The van der Waals surface area contributed by atoms with Crippen LogP contribution in [0.4, 0.5) is 11.4 Å². The van der Waals surface area contributed by atoms with Crippen molar-refractivity contribution in [2.24, 2.45) is 0 Å². The van der Waals surface area contributed by atoms with Crippen molar-refractivity contribution < 1.29 is 17.9 Å². The van der Waals surface area contributed by atoms with E-state index in [-0.39, 0.29) is 11.4 Å². The molecule has 1 aliphatic rings. The van der Waals surface area contributed by atoms with Gasteiger partial charge in [0.2, 0.25) is 15.9 Å². The van der Waals surface area contributed by atoms with Gasteiger partial charge < -0.3 is 15.0 Å². The number of nitrogens with one attached hydrogen (secondary N) is 1. The number of morpholine rings is 1. The van der Waals surface area contributed by atoms with Crippen molar-refractivity contribution in [3.8, 4) is 0 Å². The lowest BCUT2D eigenvalue weighted by Crippen LogP contribution is -2.36. The lowest BCUT2D eigenvalue weighted by molar-refractivity contribution is -0.116. The summed E-state index contributed by atoms with van der Waals surface area (Å²) in [5.41, 5.74) is 2.12. The topological polar surface area (TPSA) is 79.0 Å². The van der Waals surface area contributed by atoms with Gasteiger partial charge in [-0.3, -0.25) is 4.79 Å². The molecule has 1 amide bonds. The van der Waals surface area contributed by atoms with E-state index in [0.717, 1.165) is 23.1 Å². The molecule has 0 aliphatic carbocycles. The van der Waals surface area contributed by atoms with Crippen molar-refractivity contribution in [2.75, 3.05) is 50.1 Å².